The molecule has 0 radical (unpaired) electrons. The molecule has 0 atom stereocenters. The minimum absolute atomic E-state index is 0.00725. The first-order valence-electron chi connectivity index (χ1n) is 14.6. The molecular formula is C33H42N4O4. The van der Waals surface area contributed by atoms with Gasteiger partial charge in [-0.15, -0.1) is 0 Å². The third-order valence-corrected chi connectivity index (χ3v) is 8.01. The summed E-state index contributed by atoms with van der Waals surface area (Å²) in [6.07, 6.45) is 6.87. The second kappa shape index (κ2) is 14.6. The fourth-order valence-electron chi connectivity index (χ4n) is 5.49. The molecule has 2 amide bonds. The molecule has 218 valence electrons. The molecule has 0 aliphatic carbocycles. The van der Waals surface area contributed by atoms with Gasteiger partial charge in [0.15, 0.2) is 11.5 Å². The Balaban J connectivity index is 1.38. The highest BCUT2D eigenvalue weighted by Crippen LogP contribution is 2.28. The lowest BCUT2D eigenvalue weighted by atomic mass is 9.96. The molecule has 1 aromatic heterocycles. The molecule has 41 heavy (non-hydrogen) atoms. The van der Waals surface area contributed by atoms with E-state index in [1.807, 2.05) is 42.5 Å². The number of amides is 2. The van der Waals surface area contributed by atoms with Gasteiger partial charge in [-0.25, -0.2) is 0 Å². The maximum atomic E-state index is 13.7. The van der Waals surface area contributed by atoms with Gasteiger partial charge in [-0.2, -0.15) is 0 Å². The van der Waals surface area contributed by atoms with E-state index in [9.17, 15) is 14.7 Å². The van der Waals surface area contributed by atoms with E-state index >= 15 is 0 Å². The van der Waals surface area contributed by atoms with E-state index in [4.69, 9.17) is 4.74 Å². The van der Waals surface area contributed by atoms with Crippen molar-refractivity contribution in [2.24, 2.45) is 5.92 Å². The van der Waals surface area contributed by atoms with Crippen LogP contribution in [0.4, 0.5) is 0 Å². The first kappa shape index (κ1) is 30.1. The molecule has 2 heterocycles. The average Bonchev–Trinajstić information content (AvgIpc) is 3.00. The van der Waals surface area contributed by atoms with Crippen LogP contribution in [0.15, 0.2) is 67.0 Å². The third kappa shape index (κ3) is 8.07. The Morgan fingerprint density at radius 2 is 1.76 bits per heavy atom. The highest BCUT2D eigenvalue weighted by molar-refractivity contribution is 5.94. The molecule has 0 unspecified atom stereocenters. The summed E-state index contributed by atoms with van der Waals surface area (Å²) in [5.74, 6) is 0.711. The smallest absolute Gasteiger partial charge is 0.251 e. The van der Waals surface area contributed by atoms with Crippen LogP contribution in [0.5, 0.6) is 11.5 Å². The summed E-state index contributed by atoms with van der Waals surface area (Å²) in [4.78, 5) is 34.9. The molecule has 0 bridgehead atoms. The number of piperidine rings is 1. The van der Waals surface area contributed by atoms with Crippen LogP contribution < -0.4 is 10.1 Å². The van der Waals surface area contributed by atoms with Crippen molar-refractivity contribution in [3.05, 3.63) is 89.2 Å². The Morgan fingerprint density at radius 1 is 1.05 bits per heavy atom. The van der Waals surface area contributed by atoms with Crippen molar-refractivity contribution in [1.82, 2.24) is 20.1 Å². The van der Waals surface area contributed by atoms with Crippen molar-refractivity contribution < 1.29 is 19.4 Å². The van der Waals surface area contributed by atoms with E-state index in [2.05, 4.69) is 33.9 Å². The van der Waals surface area contributed by atoms with Crippen molar-refractivity contribution in [2.45, 2.75) is 65.2 Å². The normalized spacial score (nSPS) is 14.1. The molecule has 2 aromatic carbocycles. The SMILES string of the molecule is CCC(CC)C(=O)N(Cc1ccc(C(=O)NCc2cccnc2)cc1)C1CCN(Cc2ccc(OC)c(O)c2)CC1. The van der Waals surface area contributed by atoms with E-state index in [1.54, 1.807) is 31.6 Å². The van der Waals surface area contributed by atoms with Crippen LogP contribution in [0.25, 0.3) is 0 Å². The predicted octanol–water partition coefficient (Wildman–Crippen LogP) is 5.16. The van der Waals surface area contributed by atoms with E-state index in [-0.39, 0.29) is 29.5 Å². The van der Waals surface area contributed by atoms with E-state index < -0.39 is 0 Å². The van der Waals surface area contributed by atoms with Gasteiger partial charge in [0.25, 0.3) is 5.91 Å². The molecule has 1 saturated heterocycles. The Labute approximate surface area is 243 Å². The number of ether oxygens (including phenoxy) is 1. The summed E-state index contributed by atoms with van der Waals surface area (Å²) in [5.41, 5.74) is 3.59. The Kier molecular flexibility index (Phi) is 10.7. The molecule has 1 fully saturated rings. The van der Waals surface area contributed by atoms with Gasteiger partial charge in [0, 0.05) is 62.6 Å². The molecule has 3 aromatic rings. The van der Waals surface area contributed by atoms with Crippen LogP contribution in [0.2, 0.25) is 0 Å². The number of carbonyl (C=O) groups excluding carboxylic acids is 2. The number of pyridine rings is 1. The molecular weight excluding hydrogens is 516 g/mol. The lowest BCUT2D eigenvalue weighted by Gasteiger charge is -2.40. The van der Waals surface area contributed by atoms with Crippen molar-refractivity contribution in [1.29, 1.82) is 0 Å². The van der Waals surface area contributed by atoms with E-state index in [0.29, 0.717) is 24.4 Å². The highest BCUT2D eigenvalue weighted by atomic mass is 16.5. The van der Waals surface area contributed by atoms with Crippen LogP contribution in [0.1, 0.15) is 66.6 Å². The third-order valence-electron chi connectivity index (χ3n) is 8.01. The zero-order valence-electron chi connectivity index (χ0n) is 24.4. The first-order chi connectivity index (χ1) is 19.9. The summed E-state index contributed by atoms with van der Waals surface area (Å²) in [6.45, 7) is 7.61. The molecule has 8 nitrogen and oxygen atoms in total. The monoisotopic (exact) mass is 558 g/mol. The van der Waals surface area contributed by atoms with Crippen LogP contribution >= 0.6 is 0 Å². The van der Waals surface area contributed by atoms with Crippen molar-refractivity contribution in [3.8, 4) is 11.5 Å². The van der Waals surface area contributed by atoms with E-state index in [0.717, 1.165) is 62.0 Å². The lowest BCUT2D eigenvalue weighted by molar-refractivity contribution is -0.140. The number of methoxy groups -OCH3 is 1. The van der Waals surface area contributed by atoms with Gasteiger partial charge >= 0.3 is 0 Å². The van der Waals surface area contributed by atoms with Gasteiger partial charge in [0.2, 0.25) is 5.91 Å². The van der Waals surface area contributed by atoms with Crippen LogP contribution in [-0.4, -0.2) is 57.9 Å². The number of nitrogens with zero attached hydrogens (tertiary/aromatic N) is 3. The Hall–Kier alpha value is -3.91. The molecule has 4 rings (SSSR count). The van der Waals surface area contributed by atoms with Gasteiger partial charge < -0.3 is 20.1 Å². The maximum Gasteiger partial charge on any atom is 0.251 e. The number of carbonyl (C=O) groups is 2. The number of phenols is 1. The van der Waals surface area contributed by atoms with Gasteiger partial charge in [-0.3, -0.25) is 19.5 Å². The quantitative estimate of drug-likeness (QED) is 0.319. The molecule has 8 heteroatoms. The molecule has 1 aliphatic rings. The second-order valence-electron chi connectivity index (χ2n) is 10.7. The summed E-state index contributed by atoms with van der Waals surface area (Å²) in [5, 5.41) is 13.1. The van der Waals surface area contributed by atoms with Crippen LogP contribution in [0.3, 0.4) is 0 Å². The Morgan fingerprint density at radius 3 is 2.37 bits per heavy atom. The number of likely N-dealkylation sites (tertiary alicyclic amines) is 1. The minimum atomic E-state index is -0.136. The molecule has 1 aliphatic heterocycles. The summed E-state index contributed by atoms with van der Waals surface area (Å²) in [6, 6.07) is 17.1. The molecule has 2 N–H and O–H groups in total. The number of hydrogen-bond acceptors (Lipinski definition) is 6. The number of rotatable bonds is 12. The van der Waals surface area contributed by atoms with E-state index in [1.165, 1.54) is 0 Å². The van der Waals surface area contributed by atoms with Crippen molar-refractivity contribution >= 4 is 11.8 Å². The zero-order valence-corrected chi connectivity index (χ0v) is 24.4. The van der Waals surface area contributed by atoms with Crippen LogP contribution in [0, 0.1) is 5.92 Å². The Bertz CT molecular complexity index is 1270. The zero-order chi connectivity index (χ0) is 29.2. The summed E-state index contributed by atoms with van der Waals surface area (Å²) < 4.78 is 5.16. The average molecular weight is 559 g/mol. The van der Waals surface area contributed by atoms with Gasteiger partial charge in [0.1, 0.15) is 0 Å². The summed E-state index contributed by atoms with van der Waals surface area (Å²) >= 11 is 0. The van der Waals surface area contributed by atoms with Gasteiger partial charge in [-0.05, 0) is 72.7 Å². The number of nitrogens with one attached hydrogen (secondary N) is 1. The summed E-state index contributed by atoms with van der Waals surface area (Å²) in [7, 11) is 1.55. The predicted molar refractivity (Wildman–Crippen MR) is 159 cm³/mol. The lowest BCUT2D eigenvalue weighted by Crippen LogP contribution is -2.48. The number of aromatic hydroxyl groups is 1. The maximum absolute atomic E-state index is 13.7. The van der Waals surface area contributed by atoms with Crippen LogP contribution in [-0.2, 0) is 24.4 Å². The number of benzene rings is 2. The number of hydrogen-bond donors (Lipinski definition) is 2. The highest BCUT2D eigenvalue weighted by Gasteiger charge is 2.31. The largest absolute Gasteiger partial charge is 0.504 e. The number of aromatic nitrogens is 1. The minimum Gasteiger partial charge on any atom is -0.504 e. The molecule has 0 spiro atoms. The van der Waals surface area contributed by atoms with Gasteiger partial charge in [0.05, 0.1) is 7.11 Å². The fraction of sp³-hybridized carbons (Fsp3) is 0.424. The first-order valence-corrected chi connectivity index (χ1v) is 14.6. The fourth-order valence-corrected chi connectivity index (χ4v) is 5.49. The van der Waals surface area contributed by atoms with Gasteiger partial charge in [-0.1, -0.05) is 38.1 Å². The second-order valence-corrected chi connectivity index (χ2v) is 10.7. The molecule has 0 saturated carbocycles. The topological polar surface area (TPSA) is 95.0 Å². The van der Waals surface area contributed by atoms with Crippen molar-refractivity contribution in [3.63, 3.8) is 0 Å². The van der Waals surface area contributed by atoms with Crippen molar-refractivity contribution in [2.75, 3.05) is 20.2 Å². The standard InChI is InChI=1S/C33H42N4O4/c1-4-27(5-2)33(40)37(29-14-17-36(18-15-29)22-25-10-13-31(41-3)30(38)19-25)23-24-8-11-28(12-9-24)32(39)35-21-26-7-6-16-34-20-26/h6-13,16,19-20,27,29,38H,4-5,14-15,17-18,21-23H2,1-3H3,(H,35,39). The number of phenolic OH excluding ortho intramolecular Hbond substituents is 1.